The Hall–Kier alpha value is -1.27. The maximum absolute atomic E-state index is 12.9. The molecule has 1 atom stereocenters. The van der Waals surface area contributed by atoms with Crippen LogP contribution in [0.5, 0.6) is 0 Å². The zero-order valence-corrected chi connectivity index (χ0v) is 14.1. The van der Waals surface area contributed by atoms with Crippen molar-refractivity contribution >= 4 is 18.3 Å². The Balaban J connectivity index is 0.00000208. The lowest BCUT2D eigenvalue weighted by atomic mass is 9.71. The third kappa shape index (κ3) is 3.86. The first-order chi connectivity index (χ1) is 10.9. The second-order valence-corrected chi connectivity index (χ2v) is 6.55. The molecular formula is C17H22ClF3N2O. The lowest BCUT2D eigenvalue weighted by molar-refractivity contribution is -0.137. The highest BCUT2D eigenvalue weighted by Crippen LogP contribution is 2.43. The fourth-order valence-corrected chi connectivity index (χ4v) is 3.42. The number of hydrogen-bond donors (Lipinski definition) is 2. The molecule has 2 N–H and O–H groups in total. The maximum Gasteiger partial charge on any atom is 0.416 e. The Bertz CT molecular complexity index is 581. The molecule has 0 spiro atoms. The van der Waals surface area contributed by atoms with Gasteiger partial charge in [-0.2, -0.15) is 13.2 Å². The van der Waals surface area contributed by atoms with Crippen LogP contribution >= 0.6 is 12.4 Å². The second kappa shape index (κ2) is 7.31. The third-order valence-corrected chi connectivity index (χ3v) is 4.98. The van der Waals surface area contributed by atoms with Gasteiger partial charge in [0.05, 0.1) is 17.0 Å². The van der Waals surface area contributed by atoms with E-state index in [-0.39, 0.29) is 24.2 Å². The lowest BCUT2D eigenvalue weighted by Crippen LogP contribution is -2.54. The molecule has 1 aromatic rings. The van der Waals surface area contributed by atoms with Gasteiger partial charge in [0.15, 0.2) is 0 Å². The molecule has 1 amide bonds. The minimum Gasteiger partial charge on any atom is -0.346 e. The number of hydrogen-bond acceptors (Lipinski definition) is 2. The molecule has 7 heteroatoms. The molecule has 3 rings (SSSR count). The molecule has 3 nitrogen and oxygen atoms in total. The van der Waals surface area contributed by atoms with E-state index in [0.29, 0.717) is 24.9 Å². The summed E-state index contributed by atoms with van der Waals surface area (Å²) in [5, 5.41) is 6.24. The SMILES string of the molecule is Cl.O=C(NC1(c2cccc(C(F)(F)F)c2)CCC1)C1CCCNC1. The first-order valence-electron chi connectivity index (χ1n) is 8.11. The van der Waals surface area contributed by atoms with Crippen molar-refractivity contribution in [3.63, 3.8) is 0 Å². The summed E-state index contributed by atoms with van der Waals surface area (Å²) in [7, 11) is 0. The van der Waals surface area contributed by atoms with E-state index in [4.69, 9.17) is 0 Å². The number of halogens is 4. The Kier molecular flexibility index (Phi) is 5.81. The fourth-order valence-electron chi connectivity index (χ4n) is 3.42. The molecule has 0 aromatic heterocycles. The number of piperidine rings is 1. The predicted molar refractivity (Wildman–Crippen MR) is 88.0 cm³/mol. The molecule has 1 heterocycles. The Labute approximate surface area is 145 Å². The highest BCUT2D eigenvalue weighted by Gasteiger charge is 2.42. The third-order valence-electron chi connectivity index (χ3n) is 4.98. The Morgan fingerprint density at radius 2 is 2.00 bits per heavy atom. The van der Waals surface area contributed by atoms with E-state index in [1.165, 1.54) is 12.1 Å². The highest BCUT2D eigenvalue weighted by atomic mass is 35.5. The van der Waals surface area contributed by atoms with Gasteiger partial charge in [-0.1, -0.05) is 12.1 Å². The van der Waals surface area contributed by atoms with Crippen LogP contribution in [-0.2, 0) is 16.5 Å². The van der Waals surface area contributed by atoms with Gasteiger partial charge in [0.1, 0.15) is 0 Å². The minimum atomic E-state index is -4.36. The topological polar surface area (TPSA) is 41.1 Å². The quantitative estimate of drug-likeness (QED) is 0.862. The molecular weight excluding hydrogens is 341 g/mol. The van der Waals surface area contributed by atoms with Crippen molar-refractivity contribution in [1.29, 1.82) is 0 Å². The summed E-state index contributed by atoms with van der Waals surface area (Å²) in [4.78, 5) is 12.5. The van der Waals surface area contributed by atoms with Gasteiger partial charge < -0.3 is 10.6 Å². The van der Waals surface area contributed by atoms with Gasteiger partial charge in [-0.3, -0.25) is 4.79 Å². The number of rotatable bonds is 3. The van der Waals surface area contributed by atoms with E-state index < -0.39 is 17.3 Å². The molecule has 1 aromatic carbocycles. The summed E-state index contributed by atoms with van der Waals surface area (Å²) in [5.41, 5.74) is -0.721. The first kappa shape index (κ1) is 19.1. The Morgan fingerprint density at radius 1 is 1.25 bits per heavy atom. The number of nitrogens with one attached hydrogen (secondary N) is 2. The van der Waals surface area contributed by atoms with Crippen LogP contribution in [0.3, 0.4) is 0 Å². The largest absolute Gasteiger partial charge is 0.416 e. The maximum atomic E-state index is 12.9. The molecule has 1 aliphatic heterocycles. The molecule has 24 heavy (non-hydrogen) atoms. The van der Waals surface area contributed by atoms with Crippen molar-refractivity contribution in [2.75, 3.05) is 13.1 Å². The number of carbonyl (C=O) groups excluding carboxylic acids is 1. The van der Waals surface area contributed by atoms with Crippen LogP contribution in [0.1, 0.15) is 43.2 Å². The Morgan fingerprint density at radius 3 is 2.54 bits per heavy atom. The predicted octanol–water partition coefficient (Wildman–Crippen LogP) is 3.62. The molecule has 0 bridgehead atoms. The fraction of sp³-hybridized carbons (Fsp3) is 0.588. The van der Waals surface area contributed by atoms with Gasteiger partial charge in [0, 0.05) is 6.54 Å². The summed E-state index contributed by atoms with van der Waals surface area (Å²) < 4.78 is 38.8. The first-order valence-corrected chi connectivity index (χ1v) is 8.11. The van der Waals surface area contributed by atoms with E-state index in [1.54, 1.807) is 6.07 Å². The average Bonchev–Trinajstić information content (AvgIpc) is 2.51. The van der Waals surface area contributed by atoms with E-state index >= 15 is 0 Å². The van der Waals surface area contributed by atoms with Crippen LogP contribution < -0.4 is 10.6 Å². The summed E-state index contributed by atoms with van der Waals surface area (Å²) in [6.45, 7) is 1.56. The number of amides is 1. The van der Waals surface area contributed by atoms with E-state index in [9.17, 15) is 18.0 Å². The zero-order chi connectivity index (χ0) is 16.5. The van der Waals surface area contributed by atoms with Gasteiger partial charge in [0.2, 0.25) is 5.91 Å². The molecule has 134 valence electrons. The molecule has 1 saturated heterocycles. The van der Waals surface area contributed by atoms with Crippen LogP contribution in [0, 0.1) is 5.92 Å². The standard InChI is InChI=1S/C17H21F3N2O.ClH/c18-17(19,20)14-6-1-5-13(10-14)16(7-3-8-16)22-15(23)12-4-2-9-21-11-12;/h1,5-6,10,12,21H,2-4,7-9,11H2,(H,22,23);1H. The van der Waals surface area contributed by atoms with Crippen LogP contribution in [0.15, 0.2) is 24.3 Å². The van der Waals surface area contributed by atoms with Crippen molar-refractivity contribution in [2.24, 2.45) is 5.92 Å². The van der Waals surface area contributed by atoms with Crippen molar-refractivity contribution < 1.29 is 18.0 Å². The van der Waals surface area contributed by atoms with Gasteiger partial charge in [0.25, 0.3) is 0 Å². The highest BCUT2D eigenvalue weighted by molar-refractivity contribution is 5.85. The van der Waals surface area contributed by atoms with E-state index in [1.807, 2.05) is 0 Å². The molecule has 1 saturated carbocycles. The van der Waals surface area contributed by atoms with Crippen LogP contribution in [-0.4, -0.2) is 19.0 Å². The number of carbonyl (C=O) groups is 1. The van der Waals surface area contributed by atoms with Crippen molar-refractivity contribution in [3.05, 3.63) is 35.4 Å². The molecule has 1 aliphatic carbocycles. The summed E-state index contributed by atoms with van der Waals surface area (Å²) in [5.74, 6) is -0.138. The van der Waals surface area contributed by atoms with Crippen LogP contribution in [0.25, 0.3) is 0 Å². The minimum absolute atomic E-state index is 0. The molecule has 1 unspecified atom stereocenters. The van der Waals surface area contributed by atoms with Gasteiger partial charge >= 0.3 is 6.18 Å². The second-order valence-electron chi connectivity index (χ2n) is 6.55. The lowest BCUT2D eigenvalue weighted by Gasteiger charge is -2.44. The summed E-state index contributed by atoms with van der Waals surface area (Å²) in [6.07, 6.45) is -0.274. The summed E-state index contributed by atoms with van der Waals surface area (Å²) >= 11 is 0. The van der Waals surface area contributed by atoms with Gasteiger partial charge in [-0.25, -0.2) is 0 Å². The van der Waals surface area contributed by atoms with Crippen LogP contribution in [0.2, 0.25) is 0 Å². The molecule has 0 radical (unpaired) electrons. The average molecular weight is 363 g/mol. The normalized spacial score (nSPS) is 22.9. The van der Waals surface area contributed by atoms with Crippen molar-refractivity contribution in [2.45, 2.75) is 43.8 Å². The monoisotopic (exact) mass is 362 g/mol. The van der Waals surface area contributed by atoms with Crippen molar-refractivity contribution in [1.82, 2.24) is 10.6 Å². The number of alkyl halides is 3. The van der Waals surface area contributed by atoms with Crippen molar-refractivity contribution in [3.8, 4) is 0 Å². The van der Waals surface area contributed by atoms with E-state index in [0.717, 1.165) is 31.9 Å². The zero-order valence-electron chi connectivity index (χ0n) is 13.3. The number of benzene rings is 1. The van der Waals surface area contributed by atoms with Gasteiger partial charge in [-0.05, 0) is 56.3 Å². The summed E-state index contributed by atoms with van der Waals surface area (Å²) in [6, 6.07) is 5.36. The van der Waals surface area contributed by atoms with E-state index in [2.05, 4.69) is 10.6 Å². The smallest absolute Gasteiger partial charge is 0.346 e. The van der Waals surface area contributed by atoms with Crippen LogP contribution in [0.4, 0.5) is 13.2 Å². The van der Waals surface area contributed by atoms with Gasteiger partial charge in [-0.15, -0.1) is 12.4 Å². The molecule has 2 fully saturated rings. The molecule has 2 aliphatic rings.